The lowest BCUT2D eigenvalue weighted by molar-refractivity contribution is 0.140. The average molecular weight is 338 g/mol. The second-order valence-corrected chi connectivity index (χ2v) is 6.58. The van der Waals surface area contributed by atoms with Crippen LogP contribution in [0.25, 0.3) is 11.1 Å². The Bertz CT molecular complexity index is 652. The molecule has 0 unspecified atom stereocenters. The van der Waals surface area contributed by atoms with Crippen LogP contribution >= 0.6 is 15.9 Å². The van der Waals surface area contributed by atoms with E-state index in [0.29, 0.717) is 19.0 Å². The topological polar surface area (TPSA) is 73.2 Å². The highest BCUT2D eigenvalue weighted by Crippen LogP contribution is 2.43. The van der Waals surface area contributed by atoms with Gasteiger partial charge in [-0.05, 0) is 33.6 Å². The first-order chi connectivity index (χ1) is 9.46. The molecule has 2 heterocycles. The molecule has 0 fully saturated rings. The van der Waals surface area contributed by atoms with E-state index in [4.69, 9.17) is 15.2 Å². The smallest absolute Gasteiger partial charge is 0.175 e. The molecular weight excluding hydrogens is 322 g/mol. The van der Waals surface area contributed by atoms with Crippen molar-refractivity contribution in [1.82, 2.24) is 10.2 Å². The Morgan fingerprint density at radius 3 is 2.75 bits per heavy atom. The molecule has 2 aromatic rings. The van der Waals surface area contributed by atoms with Crippen molar-refractivity contribution in [3.63, 3.8) is 0 Å². The van der Waals surface area contributed by atoms with Gasteiger partial charge in [0.15, 0.2) is 11.5 Å². The van der Waals surface area contributed by atoms with Gasteiger partial charge < -0.3 is 15.2 Å². The Morgan fingerprint density at radius 2 is 2.05 bits per heavy atom. The standard InChI is InChI=1S/C14H16BrN3O2/c1-14(2)6-19-11-4-8(9-5-17-18-13(9)16)3-10(15)12(11)20-7-14/h3-5H,6-7H2,1-2H3,(H3,16,17,18). The number of rotatable bonds is 1. The van der Waals surface area contributed by atoms with Crippen LogP contribution in [0.3, 0.4) is 0 Å². The summed E-state index contributed by atoms with van der Waals surface area (Å²) in [5.74, 6) is 1.99. The molecule has 1 aromatic carbocycles. The van der Waals surface area contributed by atoms with Gasteiger partial charge >= 0.3 is 0 Å². The summed E-state index contributed by atoms with van der Waals surface area (Å²) >= 11 is 3.54. The normalized spacial score (nSPS) is 16.8. The van der Waals surface area contributed by atoms with Gasteiger partial charge in [-0.1, -0.05) is 13.8 Å². The van der Waals surface area contributed by atoms with Crippen LogP contribution in [0.2, 0.25) is 0 Å². The molecule has 1 aliphatic heterocycles. The number of nitrogens with one attached hydrogen (secondary N) is 1. The second-order valence-electron chi connectivity index (χ2n) is 5.72. The van der Waals surface area contributed by atoms with Gasteiger partial charge in [0.2, 0.25) is 0 Å². The number of halogens is 1. The minimum atomic E-state index is -0.0205. The first-order valence-electron chi connectivity index (χ1n) is 6.35. The minimum absolute atomic E-state index is 0.0205. The molecule has 3 rings (SSSR count). The van der Waals surface area contributed by atoms with Gasteiger partial charge in [-0.2, -0.15) is 5.10 Å². The van der Waals surface area contributed by atoms with E-state index in [2.05, 4.69) is 40.0 Å². The highest BCUT2D eigenvalue weighted by atomic mass is 79.9. The maximum Gasteiger partial charge on any atom is 0.175 e. The van der Waals surface area contributed by atoms with Crippen molar-refractivity contribution in [3.05, 3.63) is 22.8 Å². The van der Waals surface area contributed by atoms with Crippen molar-refractivity contribution in [2.75, 3.05) is 18.9 Å². The molecule has 6 heteroatoms. The largest absolute Gasteiger partial charge is 0.489 e. The fourth-order valence-corrected chi connectivity index (χ4v) is 2.64. The number of nitrogens with two attached hydrogens (primary N) is 1. The third-order valence-electron chi connectivity index (χ3n) is 3.22. The van der Waals surface area contributed by atoms with Gasteiger partial charge in [0.25, 0.3) is 0 Å². The van der Waals surface area contributed by atoms with Crippen LogP contribution in [0.1, 0.15) is 13.8 Å². The van der Waals surface area contributed by atoms with E-state index in [1.807, 2.05) is 12.1 Å². The first-order valence-corrected chi connectivity index (χ1v) is 7.14. The first kappa shape index (κ1) is 13.3. The van der Waals surface area contributed by atoms with E-state index < -0.39 is 0 Å². The SMILES string of the molecule is CC1(C)COc2cc(-c3cn[nH]c3N)cc(Br)c2OC1. The van der Waals surface area contributed by atoms with Crippen LogP contribution in [0, 0.1) is 5.41 Å². The molecule has 0 saturated heterocycles. The van der Waals surface area contributed by atoms with Crippen molar-refractivity contribution < 1.29 is 9.47 Å². The summed E-state index contributed by atoms with van der Waals surface area (Å²) in [6, 6.07) is 3.89. The van der Waals surface area contributed by atoms with Gasteiger partial charge in [0.1, 0.15) is 5.82 Å². The lowest BCUT2D eigenvalue weighted by Crippen LogP contribution is -2.26. The number of nitrogen functional groups attached to an aromatic ring is 1. The molecule has 0 amide bonds. The molecule has 0 atom stereocenters. The predicted octanol–water partition coefficient (Wildman–Crippen LogP) is 3.22. The molecule has 0 spiro atoms. The van der Waals surface area contributed by atoms with Gasteiger partial charge in [-0.15, -0.1) is 0 Å². The number of nitrogens with zero attached hydrogens (tertiary/aromatic N) is 1. The zero-order valence-corrected chi connectivity index (χ0v) is 13.0. The molecule has 0 aliphatic carbocycles. The number of fused-ring (bicyclic) bond motifs is 1. The molecule has 106 valence electrons. The second kappa shape index (κ2) is 4.70. The number of aromatic nitrogens is 2. The van der Waals surface area contributed by atoms with Gasteiger partial charge in [-0.25, -0.2) is 0 Å². The number of hydrogen-bond donors (Lipinski definition) is 2. The van der Waals surface area contributed by atoms with Crippen LogP contribution in [-0.4, -0.2) is 23.4 Å². The van der Waals surface area contributed by atoms with Crippen LogP contribution < -0.4 is 15.2 Å². The number of anilines is 1. The van der Waals surface area contributed by atoms with E-state index in [-0.39, 0.29) is 5.41 Å². The average Bonchev–Trinajstić information content (AvgIpc) is 2.74. The molecule has 0 saturated carbocycles. The van der Waals surface area contributed by atoms with Crippen LogP contribution in [-0.2, 0) is 0 Å². The van der Waals surface area contributed by atoms with Crippen LogP contribution in [0.4, 0.5) is 5.82 Å². The Labute approximate surface area is 125 Å². The zero-order valence-electron chi connectivity index (χ0n) is 11.4. The number of H-pyrrole nitrogens is 1. The van der Waals surface area contributed by atoms with Gasteiger partial charge in [0, 0.05) is 11.0 Å². The van der Waals surface area contributed by atoms with Crippen LogP contribution in [0.15, 0.2) is 22.8 Å². The van der Waals surface area contributed by atoms with Crippen molar-refractivity contribution in [3.8, 4) is 22.6 Å². The molecular formula is C14H16BrN3O2. The Kier molecular flexibility index (Phi) is 3.12. The highest BCUT2D eigenvalue weighted by molar-refractivity contribution is 9.10. The molecule has 0 radical (unpaired) electrons. The maximum atomic E-state index is 5.90. The van der Waals surface area contributed by atoms with Gasteiger partial charge in [-0.3, -0.25) is 5.10 Å². The highest BCUT2D eigenvalue weighted by Gasteiger charge is 2.27. The monoisotopic (exact) mass is 337 g/mol. The molecule has 3 N–H and O–H groups in total. The predicted molar refractivity (Wildman–Crippen MR) is 80.9 cm³/mol. The molecule has 5 nitrogen and oxygen atoms in total. The third-order valence-corrected chi connectivity index (χ3v) is 3.80. The number of ether oxygens (including phenoxy) is 2. The molecule has 1 aliphatic rings. The Hall–Kier alpha value is -1.69. The van der Waals surface area contributed by atoms with Crippen molar-refractivity contribution in [1.29, 1.82) is 0 Å². The van der Waals surface area contributed by atoms with E-state index in [1.165, 1.54) is 0 Å². The summed E-state index contributed by atoms with van der Waals surface area (Å²) in [5, 5.41) is 6.68. The van der Waals surface area contributed by atoms with E-state index >= 15 is 0 Å². The van der Waals surface area contributed by atoms with E-state index in [0.717, 1.165) is 27.1 Å². The van der Waals surface area contributed by atoms with Crippen molar-refractivity contribution in [2.45, 2.75) is 13.8 Å². The quantitative estimate of drug-likeness (QED) is 0.837. The summed E-state index contributed by atoms with van der Waals surface area (Å²) in [5.41, 5.74) is 7.63. The Balaban J connectivity index is 2.05. The maximum absolute atomic E-state index is 5.90. The molecule has 1 aromatic heterocycles. The van der Waals surface area contributed by atoms with E-state index in [1.54, 1.807) is 6.20 Å². The number of benzene rings is 1. The summed E-state index contributed by atoms with van der Waals surface area (Å²) in [6.45, 7) is 5.45. The van der Waals surface area contributed by atoms with Gasteiger partial charge in [0.05, 0.1) is 23.9 Å². The summed E-state index contributed by atoms with van der Waals surface area (Å²) in [4.78, 5) is 0. The fourth-order valence-electron chi connectivity index (χ4n) is 2.08. The summed E-state index contributed by atoms with van der Waals surface area (Å²) < 4.78 is 12.6. The zero-order chi connectivity index (χ0) is 14.3. The molecule has 0 bridgehead atoms. The lowest BCUT2D eigenvalue weighted by atomic mass is 9.97. The van der Waals surface area contributed by atoms with Crippen molar-refractivity contribution >= 4 is 21.7 Å². The number of aromatic amines is 1. The Morgan fingerprint density at radius 1 is 1.30 bits per heavy atom. The summed E-state index contributed by atoms with van der Waals surface area (Å²) in [7, 11) is 0. The number of hydrogen-bond acceptors (Lipinski definition) is 4. The van der Waals surface area contributed by atoms with Crippen LogP contribution in [0.5, 0.6) is 11.5 Å². The third kappa shape index (κ3) is 2.35. The molecule has 20 heavy (non-hydrogen) atoms. The fraction of sp³-hybridized carbons (Fsp3) is 0.357. The van der Waals surface area contributed by atoms with Crippen molar-refractivity contribution in [2.24, 2.45) is 5.41 Å². The lowest BCUT2D eigenvalue weighted by Gasteiger charge is -2.19. The van der Waals surface area contributed by atoms with E-state index in [9.17, 15) is 0 Å². The minimum Gasteiger partial charge on any atom is -0.489 e. The summed E-state index contributed by atoms with van der Waals surface area (Å²) in [6.07, 6.45) is 1.70.